The third-order valence-corrected chi connectivity index (χ3v) is 4.89. The minimum Gasteiger partial charge on any atom is -0.381 e. The number of pyridine rings is 1. The van der Waals surface area contributed by atoms with Gasteiger partial charge in [-0.3, -0.25) is 4.98 Å². The summed E-state index contributed by atoms with van der Waals surface area (Å²) in [6, 6.07) is 9.70. The largest absolute Gasteiger partial charge is 0.381 e. The zero-order chi connectivity index (χ0) is 19.5. The van der Waals surface area contributed by atoms with Crippen LogP contribution in [0.25, 0.3) is 11.4 Å². The molecule has 0 spiro atoms. The maximum atomic E-state index is 6.07. The molecule has 0 bridgehead atoms. The molecule has 0 fully saturated rings. The lowest BCUT2D eigenvalue weighted by Crippen LogP contribution is -2.32. The Labute approximate surface area is 173 Å². The lowest BCUT2D eigenvalue weighted by atomic mass is 10.1. The Balaban J connectivity index is 1.43. The molecule has 0 atom stereocenters. The summed E-state index contributed by atoms with van der Waals surface area (Å²) in [7, 11) is 0. The predicted molar refractivity (Wildman–Crippen MR) is 112 cm³/mol. The van der Waals surface area contributed by atoms with Gasteiger partial charge in [0, 0.05) is 52.8 Å². The van der Waals surface area contributed by atoms with Crippen LogP contribution in [-0.4, -0.2) is 34.8 Å². The fourth-order valence-electron chi connectivity index (χ4n) is 3.12. The molecule has 0 saturated carbocycles. The summed E-state index contributed by atoms with van der Waals surface area (Å²) >= 11 is 12.1. The second-order valence-corrected chi connectivity index (χ2v) is 7.54. The molecular formula is C20H19Cl2N5O. The van der Waals surface area contributed by atoms with Crippen molar-refractivity contribution in [3.63, 3.8) is 0 Å². The average molecular weight is 416 g/mol. The molecule has 3 heterocycles. The van der Waals surface area contributed by atoms with Crippen molar-refractivity contribution in [2.75, 3.05) is 29.9 Å². The van der Waals surface area contributed by atoms with Crippen LogP contribution in [0.15, 0.2) is 52.7 Å². The lowest BCUT2D eigenvalue weighted by Gasteiger charge is -2.25. The molecule has 0 aliphatic carbocycles. The molecule has 144 valence electrons. The molecule has 1 aliphatic heterocycles. The first-order valence-electron chi connectivity index (χ1n) is 8.96. The molecule has 4 rings (SSSR count). The van der Waals surface area contributed by atoms with Crippen molar-refractivity contribution in [3.8, 4) is 11.4 Å². The van der Waals surface area contributed by atoms with E-state index in [2.05, 4.69) is 31.4 Å². The highest BCUT2D eigenvalue weighted by atomic mass is 35.5. The minimum atomic E-state index is 0.473. The van der Waals surface area contributed by atoms with Crippen molar-refractivity contribution >= 4 is 34.9 Å². The maximum Gasteiger partial charge on any atom is 0.324 e. The monoisotopic (exact) mass is 415 g/mol. The van der Waals surface area contributed by atoms with Crippen molar-refractivity contribution in [1.29, 1.82) is 0 Å². The van der Waals surface area contributed by atoms with E-state index in [9.17, 15) is 0 Å². The van der Waals surface area contributed by atoms with Gasteiger partial charge in [-0.25, -0.2) is 0 Å². The van der Waals surface area contributed by atoms with Gasteiger partial charge < -0.3 is 14.7 Å². The van der Waals surface area contributed by atoms with E-state index in [0.29, 0.717) is 21.9 Å². The number of rotatable bonds is 5. The van der Waals surface area contributed by atoms with E-state index in [-0.39, 0.29) is 0 Å². The molecule has 28 heavy (non-hydrogen) atoms. The van der Waals surface area contributed by atoms with Gasteiger partial charge in [-0.2, -0.15) is 4.98 Å². The van der Waals surface area contributed by atoms with Crippen LogP contribution in [0.5, 0.6) is 0 Å². The van der Waals surface area contributed by atoms with E-state index in [1.165, 1.54) is 5.57 Å². The molecule has 3 aromatic rings. The SMILES string of the molecule is Cc1cc(NCC2=CCCN(c3nc(-c4cc(Cl)cc(Cl)c4)no3)C2)ccn1. The molecule has 1 aromatic carbocycles. The lowest BCUT2D eigenvalue weighted by molar-refractivity contribution is 0.414. The molecule has 0 unspecified atom stereocenters. The zero-order valence-corrected chi connectivity index (χ0v) is 16.8. The molecule has 2 aromatic heterocycles. The van der Waals surface area contributed by atoms with Crippen LogP contribution < -0.4 is 10.2 Å². The number of hydrogen-bond donors (Lipinski definition) is 1. The second-order valence-electron chi connectivity index (χ2n) is 6.67. The molecular weight excluding hydrogens is 397 g/mol. The Bertz CT molecular complexity index is 997. The van der Waals surface area contributed by atoms with Crippen LogP contribution in [0, 0.1) is 6.92 Å². The fraction of sp³-hybridized carbons (Fsp3) is 0.250. The number of aryl methyl sites for hydroxylation is 1. The molecule has 0 amide bonds. The van der Waals surface area contributed by atoms with Crippen molar-refractivity contribution in [3.05, 3.63) is 63.9 Å². The maximum absolute atomic E-state index is 6.07. The van der Waals surface area contributed by atoms with Crippen LogP contribution in [-0.2, 0) is 0 Å². The topological polar surface area (TPSA) is 67.1 Å². The number of anilines is 2. The van der Waals surface area contributed by atoms with E-state index in [0.717, 1.165) is 43.0 Å². The number of aromatic nitrogens is 3. The minimum absolute atomic E-state index is 0.473. The van der Waals surface area contributed by atoms with Gasteiger partial charge >= 0.3 is 6.01 Å². The third-order valence-electron chi connectivity index (χ3n) is 4.45. The number of nitrogens with zero attached hydrogens (tertiary/aromatic N) is 4. The summed E-state index contributed by atoms with van der Waals surface area (Å²) in [5.74, 6) is 0.473. The van der Waals surface area contributed by atoms with E-state index in [1.807, 2.05) is 19.1 Å². The quantitative estimate of drug-likeness (QED) is 0.591. The van der Waals surface area contributed by atoms with Crippen molar-refractivity contribution in [1.82, 2.24) is 15.1 Å². The molecule has 6 nitrogen and oxygen atoms in total. The molecule has 0 saturated heterocycles. The van der Waals surface area contributed by atoms with Gasteiger partial charge in [0.25, 0.3) is 0 Å². The zero-order valence-electron chi connectivity index (χ0n) is 15.3. The van der Waals surface area contributed by atoms with Gasteiger partial charge in [0.1, 0.15) is 0 Å². The van der Waals surface area contributed by atoms with Crippen LogP contribution in [0.2, 0.25) is 10.0 Å². The van der Waals surface area contributed by atoms with E-state index in [4.69, 9.17) is 27.7 Å². The standard InChI is InChI=1S/C20H19Cl2N5O/c1-13-7-18(4-5-23-13)24-11-14-3-2-6-27(12-14)20-25-19(26-28-20)15-8-16(21)10-17(22)9-15/h3-5,7-10H,2,6,11-12H2,1H3,(H,23,24). The van der Waals surface area contributed by atoms with Gasteiger partial charge in [-0.15, -0.1) is 0 Å². The summed E-state index contributed by atoms with van der Waals surface area (Å²) in [5.41, 5.74) is 4.05. The fourth-order valence-corrected chi connectivity index (χ4v) is 3.65. The van der Waals surface area contributed by atoms with E-state index in [1.54, 1.807) is 24.4 Å². The van der Waals surface area contributed by atoms with Crippen molar-refractivity contribution in [2.45, 2.75) is 13.3 Å². The number of halogens is 2. The molecule has 0 radical (unpaired) electrons. The van der Waals surface area contributed by atoms with Gasteiger partial charge in [0.15, 0.2) is 0 Å². The summed E-state index contributed by atoms with van der Waals surface area (Å²) < 4.78 is 5.49. The molecule has 8 heteroatoms. The number of nitrogens with one attached hydrogen (secondary N) is 1. The predicted octanol–water partition coefficient (Wildman–Crippen LogP) is 5.00. The first kappa shape index (κ1) is 18.8. The smallest absolute Gasteiger partial charge is 0.324 e. The summed E-state index contributed by atoms with van der Waals surface area (Å²) in [6.07, 6.45) is 4.99. The Kier molecular flexibility index (Phi) is 5.50. The third kappa shape index (κ3) is 4.46. The highest BCUT2D eigenvalue weighted by Gasteiger charge is 2.19. The average Bonchev–Trinajstić information content (AvgIpc) is 3.16. The highest BCUT2D eigenvalue weighted by molar-refractivity contribution is 6.35. The normalized spacial score (nSPS) is 14.1. The number of hydrogen-bond acceptors (Lipinski definition) is 6. The summed E-state index contributed by atoms with van der Waals surface area (Å²) in [6.45, 7) is 4.29. The van der Waals surface area contributed by atoms with E-state index < -0.39 is 0 Å². The first-order valence-corrected chi connectivity index (χ1v) is 9.72. The van der Waals surface area contributed by atoms with E-state index >= 15 is 0 Å². The van der Waals surface area contributed by atoms with Gasteiger partial charge in [-0.05, 0) is 49.2 Å². The van der Waals surface area contributed by atoms with Crippen LogP contribution in [0.3, 0.4) is 0 Å². The van der Waals surface area contributed by atoms with Crippen molar-refractivity contribution < 1.29 is 4.52 Å². The highest BCUT2D eigenvalue weighted by Crippen LogP contribution is 2.27. The van der Waals surface area contributed by atoms with Crippen LogP contribution in [0.1, 0.15) is 12.1 Å². The van der Waals surface area contributed by atoms with Gasteiger partial charge in [-0.1, -0.05) is 34.4 Å². The molecule has 1 N–H and O–H groups in total. The van der Waals surface area contributed by atoms with Gasteiger partial charge in [0.2, 0.25) is 5.82 Å². The van der Waals surface area contributed by atoms with Gasteiger partial charge in [0.05, 0.1) is 0 Å². The Hall–Kier alpha value is -2.57. The second kappa shape index (κ2) is 8.20. The van der Waals surface area contributed by atoms with Crippen LogP contribution >= 0.6 is 23.2 Å². The van der Waals surface area contributed by atoms with Crippen molar-refractivity contribution in [2.24, 2.45) is 0 Å². The van der Waals surface area contributed by atoms with Crippen LogP contribution in [0.4, 0.5) is 11.7 Å². The summed E-state index contributed by atoms with van der Waals surface area (Å²) in [5, 5.41) is 8.60. The number of benzene rings is 1. The first-order chi connectivity index (χ1) is 13.6. The Morgan fingerprint density at radius 2 is 2.00 bits per heavy atom. The Morgan fingerprint density at radius 1 is 1.18 bits per heavy atom. The Morgan fingerprint density at radius 3 is 2.79 bits per heavy atom. The summed E-state index contributed by atoms with van der Waals surface area (Å²) in [4.78, 5) is 10.8. The molecule has 1 aliphatic rings.